The normalized spacial score (nSPS) is 17.3. The lowest BCUT2D eigenvalue weighted by Crippen LogP contribution is -2.26. The van der Waals surface area contributed by atoms with E-state index in [4.69, 9.17) is 9.47 Å². The second kappa shape index (κ2) is 6.76. The molecule has 0 saturated carbocycles. The molecule has 0 radical (unpaired) electrons. The number of methoxy groups -OCH3 is 2. The molecule has 1 atom stereocenters. The minimum absolute atomic E-state index is 0.459. The summed E-state index contributed by atoms with van der Waals surface area (Å²) in [7, 11) is -0.442. The van der Waals surface area contributed by atoms with Crippen LogP contribution in [0.2, 0.25) is 0 Å². The summed E-state index contributed by atoms with van der Waals surface area (Å²) in [5.41, 5.74) is 2.35. The van der Waals surface area contributed by atoms with Gasteiger partial charge in [-0.15, -0.1) is 0 Å². The number of para-hydroxylation sites is 1. The van der Waals surface area contributed by atoms with Gasteiger partial charge in [-0.05, 0) is 11.6 Å². The third kappa shape index (κ3) is 3.32. The Morgan fingerprint density at radius 2 is 1.76 bits per heavy atom. The van der Waals surface area contributed by atoms with Crippen LogP contribution in [0, 0.1) is 0 Å². The highest BCUT2D eigenvalue weighted by molar-refractivity contribution is 7.88. The van der Waals surface area contributed by atoms with E-state index in [1.807, 2.05) is 42.5 Å². The SMILES string of the molecule is COc1cccc([C@H]2CC(c3ccccc3)=NN2S(C)(=O)=O)c1OC. The predicted octanol–water partition coefficient (Wildman–Crippen LogP) is 2.81. The van der Waals surface area contributed by atoms with Gasteiger partial charge in [0.2, 0.25) is 10.0 Å². The molecule has 3 rings (SSSR count). The monoisotopic (exact) mass is 360 g/mol. The van der Waals surface area contributed by atoms with Gasteiger partial charge in [0.25, 0.3) is 0 Å². The molecule has 0 spiro atoms. The number of hydrogen-bond donors (Lipinski definition) is 0. The number of hydrogen-bond acceptors (Lipinski definition) is 5. The largest absolute Gasteiger partial charge is 0.493 e. The zero-order valence-electron chi connectivity index (χ0n) is 14.3. The standard InChI is InChI=1S/C18H20N2O4S/c1-23-17-11-7-10-14(18(17)24-2)16-12-15(13-8-5-4-6-9-13)19-20(16)25(3,21)22/h4-11,16H,12H2,1-3H3/t16-/m1/s1. The quantitative estimate of drug-likeness (QED) is 0.822. The van der Waals surface area contributed by atoms with E-state index in [0.29, 0.717) is 17.9 Å². The van der Waals surface area contributed by atoms with Gasteiger partial charge in [0.05, 0.1) is 32.2 Å². The highest BCUT2D eigenvalue weighted by atomic mass is 32.2. The van der Waals surface area contributed by atoms with E-state index >= 15 is 0 Å². The third-order valence-electron chi connectivity index (χ3n) is 4.11. The maximum absolute atomic E-state index is 12.3. The van der Waals surface area contributed by atoms with Gasteiger partial charge in [-0.2, -0.15) is 9.52 Å². The minimum atomic E-state index is -3.54. The lowest BCUT2D eigenvalue weighted by molar-refractivity contribution is 0.329. The number of benzene rings is 2. The molecule has 6 nitrogen and oxygen atoms in total. The maximum atomic E-state index is 12.3. The first-order chi connectivity index (χ1) is 12.0. The lowest BCUT2D eigenvalue weighted by atomic mass is 9.98. The molecular weight excluding hydrogens is 340 g/mol. The summed E-state index contributed by atoms with van der Waals surface area (Å²) in [5, 5.41) is 4.38. The minimum Gasteiger partial charge on any atom is -0.493 e. The number of ether oxygens (including phenoxy) is 2. The highest BCUT2D eigenvalue weighted by Gasteiger charge is 2.36. The molecule has 1 aliphatic heterocycles. The molecule has 25 heavy (non-hydrogen) atoms. The van der Waals surface area contributed by atoms with E-state index in [9.17, 15) is 8.42 Å². The van der Waals surface area contributed by atoms with Crippen LogP contribution in [-0.4, -0.2) is 39.0 Å². The summed E-state index contributed by atoms with van der Waals surface area (Å²) in [6.07, 6.45) is 1.62. The van der Waals surface area contributed by atoms with Crippen LogP contribution in [0.4, 0.5) is 0 Å². The van der Waals surface area contributed by atoms with Crippen LogP contribution in [0.25, 0.3) is 0 Å². The summed E-state index contributed by atoms with van der Waals surface area (Å²) < 4.78 is 36.6. The van der Waals surface area contributed by atoms with Crippen molar-refractivity contribution in [1.82, 2.24) is 4.41 Å². The van der Waals surface area contributed by atoms with Crippen molar-refractivity contribution in [3.8, 4) is 11.5 Å². The predicted molar refractivity (Wildman–Crippen MR) is 96.6 cm³/mol. The van der Waals surface area contributed by atoms with Crippen LogP contribution < -0.4 is 9.47 Å². The first-order valence-corrected chi connectivity index (χ1v) is 9.63. The van der Waals surface area contributed by atoms with Gasteiger partial charge in [0.15, 0.2) is 11.5 Å². The molecule has 0 N–H and O–H groups in total. The van der Waals surface area contributed by atoms with Crippen molar-refractivity contribution in [3.05, 3.63) is 59.7 Å². The zero-order valence-corrected chi connectivity index (χ0v) is 15.2. The highest BCUT2D eigenvalue weighted by Crippen LogP contribution is 2.42. The van der Waals surface area contributed by atoms with E-state index in [1.165, 1.54) is 0 Å². The van der Waals surface area contributed by atoms with Crippen LogP contribution in [0.3, 0.4) is 0 Å². The lowest BCUT2D eigenvalue weighted by Gasteiger charge is -2.23. The van der Waals surface area contributed by atoms with Crippen molar-refractivity contribution >= 4 is 15.7 Å². The number of nitrogens with zero attached hydrogens (tertiary/aromatic N) is 2. The number of hydrazone groups is 1. The molecule has 2 aromatic rings. The molecule has 0 fully saturated rings. The Balaban J connectivity index is 2.08. The van der Waals surface area contributed by atoms with Crippen molar-refractivity contribution in [2.45, 2.75) is 12.5 Å². The van der Waals surface area contributed by atoms with Crippen molar-refractivity contribution in [2.75, 3.05) is 20.5 Å². The molecule has 0 amide bonds. The molecule has 1 heterocycles. The summed E-state index contributed by atoms with van der Waals surface area (Å²) >= 11 is 0. The van der Waals surface area contributed by atoms with Crippen molar-refractivity contribution in [2.24, 2.45) is 5.10 Å². The van der Waals surface area contributed by atoms with Crippen molar-refractivity contribution < 1.29 is 17.9 Å². The van der Waals surface area contributed by atoms with E-state index in [-0.39, 0.29) is 0 Å². The summed E-state index contributed by atoms with van der Waals surface area (Å²) in [5.74, 6) is 1.08. The van der Waals surface area contributed by atoms with Crippen LogP contribution in [0.5, 0.6) is 11.5 Å². The molecule has 0 bridgehead atoms. The fraction of sp³-hybridized carbons (Fsp3) is 0.278. The molecule has 0 aromatic heterocycles. The van der Waals surface area contributed by atoms with Crippen LogP contribution in [-0.2, 0) is 10.0 Å². The first-order valence-electron chi connectivity index (χ1n) is 7.79. The van der Waals surface area contributed by atoms with E-state index in [1.54, 1.807) is 20.3 Å². The molecule has 7 heteroatoms. The fourth-order valence-corrected chi connectivity index (χ4v) is 3.90. The Morgan fingerprint density at radius 1 is 1.04 bits per heavy atom. The Morgan fingerprint density at radius 3 is 2.36 bits per heavy atom. The molecule has 2 aromatic carbocycles. The van der Waals surface area contributed by atoms with Gasteiger partial charge >= 0.3 is 0 Å². The molecule has 1 aliphatic rings. The number of rotatable bonds is 5. The van der Waals surface area contributed by atoms with Crippen LogP contribution in [0.1, 0.15) is 23.6 Å². The average molecular weight is 360 g/mol. The Kier molecular flexibility index (Phi) is 4.67. The smallest absolute Gasteiger partial charge is 0.247 e. The number of sulfonamides is 1. The van der Waals surface area contributed by atoms with Crippen molar-refractivity contribution in [3.63, 3.8) is 0 Å². The van der Waals surface area contributed by atoms with Crippen LogP contribution >= 0.6 is 0 Å². The maximum Gasteiger partial charge on any atom is 0.247 e. The Labute approximate surface area is 147 Å². The molecular formula is C18H20N2O4S. The van der Waals surface area contributed by atoms with Gasteiger partial charge in [-0.1, -0.05) is 42.5 Å². The Bertz CT molecular complexity index is 895. The second-order valence-electron chi connectivity index (χ2n) is 5.75. The second-order valence-corrected chi connectivity index (χ2v) is 7.59. The molecule has 0 unspecified atom stereocenters. The van der Waals surface area contributed by atoms with E-state index in [0.717, 1.165) is 27.5 Å². The average Bonchev–Trinajstić information content (AvgIpc) is 3.07. The van der Waals surface area contributed by atoms with Gasteiger partial charge in [0.1, 0.15) is 0 Å². The van der Waals surface area contributed by atoms with Gasteiger partial charge < -0.3 is 9.47 Å². The summed E-state index contributed by atoms with van der Waals surface area (Å²) in [4.78, 5) is 0. The summed E-state index contributed by atoms with van der Waals surface area (Å²) in [6, 6.07) is 14.5. The van der Waals surface area contributed by atoms with E-state index in [2.05, 4.69) is 5.10 Å². The third-order valence-corrected chi connectivity index (χ3v) is 5.13. The molecule has 0 aliphatic carbocycles. The van der Waals surface area contributed by atoms with Crippen LogP contribution in [0.15, 0.2) is 53.6 Å². The van der Waals surface area contributed by atoms with Gasteiger partial charge in [0, 0.05) is 12.0 Å². The van der Waals surface area contributed by atoms with Gasteiger partial charge in [-0.25, -0.2) is 8.42 Å². The zero-order chi connectivity index (χ0) is 18.0. The topological polar surface area (TPSA) is 68.2 Å². The molecule has 0 saturated heterocycles. The summed E-state index contributed by atoms with van der Waals surface area (Å²) in [6.45, 7) is 0. The van der Waals surface area contributed by atoms with Gasteiger partial charge in [-0.3, -0.25) is 0 Å². The first kappa shape index (κ1) is 17.3. The van der Waals surface area contributed by atoms with Crippen molar-refractivity contribution in [1.29, 1.82) is 0 Å². The van der Waals surface area contributed by atoms with E-state index < -0.39 is 16.1 Å². The Hall–Kier alpha value is -2.54. The molecule has 132 valence electrons. The fourth-order valence-electron chi connectivity index (χ4n) is 3.01.